The van der Waals surface area contributed by atoms with E-state index in [9.17, 15) is 9.59 Å². The number of imide groups is 1. The zero-order valence-corrected chi connectivity index (χ0v) is 5.31. The summed E-state index contributed by atoms with van der Waals surface area (Å²) in [6.07, 6.45) is 0. The predicted molar refractivity (Wildman–Crippen MR) is 31.0 cm³/mol. The van der Waals surface area contributed by atoms with E-state index in [1.807, 2.05) is 0 Å². The van der Waals surface area contributed by atoms with Gasteiger partial charge in [0.1, 0.15) is 6.54 Å². The lowest BCUT2D eigenvalue weighted by atomic mass is 10.6. The Labute approximate surface area is 56.8 Å². The lowest BCUT2D eigenvalue weighted by Crippen LogP contribution is -2.26. The molecule has 4 nitrogen and oxygen atoms in total. The van der Waals surface area contributed by atoms with Crippen molar-refractivity contribution < 1.29 is 9.59 Å². The molecule has 1 rings (SSSR count). The number of carbonyl (C=O) groups is 2. The van der Waals surface area contributed by atoms with Crippen molar-refractivity contribution in [2.45, 2.75) is 0 Å². The third-order valence-corrected chi connectivity index (χ3v) is 1.30. The fourth-order valence-electron chi connectivity index (χ4n) is 0.580. The number of urea groups is 1. The van der Waals surface area contributed by atoms with Crippen molar-refractivity contribution in [2.24, 2.45) is 0 Å². The summed E-state index contributed by atoms with van der Waals surface area (Å²) in [4.78, 5) is 22.1. The molecule has 0 atom stereocenters. The molecule has 0 aromatic rings. The minimum atomic E-state index is -0.407. The number of rotatable bonds is 1. The van der Waals surface area contributed by atoms with Gasteiger partial charge in [-0.25, -0.2) is 4.79 Å². The van der Waals surface area contributed by atoms with Crippen molar-refractivity contribution in [3.8, 4) is 0 Å². The predicted octanol–water partition coefficient (Wildman–Crippen LogP) is -0.265. The van der Waals surface area contributed by atoms with Crippen LogP contribution in [0.25, 0.3) is 0 Å². The van der Waals surface area contributed by atoms with Gasteiger partial charge in [0.15, 0.2) is 0 Å². The van der Waals surface area contributed by atoms with Crippen LogP contribution in [0.3, 0.4) is 0 Å². The first-order valence-corrected chi connectivity index (χ1v) is 2.92. The fourth-order valence-corrected chi connectivity index (χ4v) is 0.773. The first kappa shape index (κ1) is 6.35. The van der Waals surface area contributed by atoms with Gasteiger partial charge < -0.3 is 4.90 Å². The van der Waals surface area contributed by atoms with Crippen molar-refractivity contribution in [2.75, 3.05) is 12.5 Å². The number of alkyl halides is 1. The van der Waals surface area contributed by atoms with E-state index in [2.05, 4.69) is 5.32 Å². The number of nitrogens with zero attached hydrogens (tertiary/aromatic N) is 1. The summed E-state index contributed by atoms with van der Waals surface area (Å²) >= 11 is 5.28. The van der Waals surface area contributed by atoms with Crippen LogP contribution in [0, 0.1) is 0 Å². The molecule has 0 aliphatic carbocycles. The largest absolute Gasteiger partial charge is 0.325 e. The SMILES string of the molecule is O=C1CN(CCl)C(=O)N1. The quantitative estimate of drug-likeness (QED) is 0.316. The maximum atomic E-state index is 10.5. The normalized spacial score (nSPS) is 18.6. The molecule has 0 bridgehead atoms. The maximum Gasteiger partial charge on any atom is 0.325 e. The smallest absolute Gasteiger partial charge is 0.301 e. The van der Waals surface area contributed by atoms with Gasteiger partial charge in [0.05, 0.1) is 6.00 Å². The van der Waals surface area contributed by atoms with Crippen molar-refractivity contribution >= 4 is 23.5 Å². The lowest BCUT2D eigenvalue weighted by Gasteiger charge is -2.05. The van der Waals surface area contributed by atoms with Gasteiger partial charge in [-0.2, -0.15) is 0 Å². The van der Waals surface area contributed by atoms with Crippen LogP contribution in [0.1, 0.15) is 0 Å². The van der Waals surface area contributed by atoms with Gasteiger partial charge in [-0.05, 0) is 0 Å². The second-order valence-corrected chi connectivity index (χ2v) is 1.91. The van der Waals surface area contributed by atoms with E-state index < -0.39 is 6.03 Å². The zero-order valence-electron chi connectivity index (χ0n) is 4.56. The number of amides is 3. The summed E-state index contributed by atoms with van der Waals surface area (Å²) < 4.78 is 0. The Morgan fingerprint density at radius 1 is 1.67 bits per heavy atom. The van der Waals surface area contributed by atoms with Gasteiger partial charge in [-0.15, -0.1) is 11.6 Å². The number of hydrogen-bond donors (Lipinski definition) is 1. The minimum Gasteiger partial charge on any atom is -0.301 e. The topological polar surface area (TPSA) is 49.4 Å². The van der Waals surface area contributed by atoms with Gasteiger partial charge in [0.25, 0.3) is 0 Å². The van der Waals surface area contributed by atoms with Gasteiger partial charge in [0.2, 0.25) is 5.91 Å². The molecule has 0 saturated carbocycles. The molecule has 0 unspecified atom stereocenters. The second-order valence-electron chi connectivity index (χ2n) is 1.67. The monoisotopic (exact) mass is 148 g/mol. The molecule has 1 N–H and O–H groups in total. The summed E-state index contributed by atoms with van der Waals surface area (Å²) in [7, 11) is 0. The molecule has 1 saturated heterocycles. The molecule has 1 aliphatic rings. The zero-order chi connectivity index (χ0) is 6.85. The molecule has 0 aromatic carbocycles. The lowest BCUT2D eigenvalue weighted by molar-refractivity contribution is -0.118. The maximum absolute atomic E-state index is 10.5. The van der Waals surface area contributed by atoms with Crippen LogP contribution in [-0.4, -0.2) is 29.4 Å². The van der Waals surface area contributed by atoms with Crippen LogP contribution >= 0.6 is 11.6 Å². The number of hydrogen-bond acceptors (Lipinski definition) is 2. The van der Waals surface area contributed by atoms with Crippen LogP contribution in [0.4, 0.5) is 4.79 Å². The Morgan fingerprint density at radius 2 is 2.33 bits per heavy atom. The molecule has 50 valence electrons. The molecule has 1 heterocycles. The summed E-state index contributed by atoms with van der Waals surface area (Å²) in [6, 6.07) is -0.340. The number of carbonyl (C=O) groups excluding carboxylic acids is 2. The Bertz CT molecular complexity index is 159. The molecular formula is C4H5ClN2O2. The van der Waals surface area contributed by atoms with E-state index in [4.69, 9.17) is 11.6 Å². The highest BCUT2D eigenvalue weighted by atomic mass is 35.5. The molecular weight excluding hydrogens is 144 g/mol. The molecule has 0 radical (unpaired) electrons. The van der Waals surface area contributed by atoms with E-state index in [1.165, 1.54) is 4.90 Å². The molecule has 9 heavy (non-hydrogen) atoms. The molecule has 5 heteroatoms. The van der Waals surface area contributed by atoms with Crippen molar-refractivity contribution in [1.29, 1.82) is 0 Å². The van der Waals surface area contributed by atoms with Crippen LogP contribution in [0.15, 0.2) is 0 Å². The first-order valence-electron chi connectivity index (χ1n) is 2.39. The van der Waals surface area contributed by atoms with Gasteiger partial charge in [0, 0.05) is 0 Å². The molecule has 0 spiro atoms. The van der Waals surface area contributed by atoms with Crippen molar-refractivity contribution in [3.05, 3.63) is 0 Å². The minimum absolute atomic E-state index is 0.0670. The van der Waals surface area contributed by atoms with Crippen LogP contribution in [-0.2, 0) is 4.79 Å². The summed E-state index contributed by atoms with van der Waals surface area (Å²) in [6.45, 7) is 0.0856. The average Bonchev–Trinajstić information content (AvgIpc) is 2.10. The van der Waals surface area contributed by atoms with Crippen LogP contribution in [0.5, 0.6) is 0 Å². The highest BCUT2D eigenvalue weighted by Crippen LogP contribution is 1.97. The highest BCUT2D eigenvalue weighted by Gasteiger charge is 2.24. The molecule has 0 aromatic heterocycles. The molecule has 1 aliphatic heterocycles. The Balaban J connectivity index is 2.58. The summed E-state index contributed by atoms with van der Waals surface area (Å²) in [5.41, 5.74) is 0. The molecule has 3 amide bonds. The third kappa shape index (κ3) is 1.13. The van der Waals surface area contributed by atoms with Crippen molar-refractivity contribution in [1.82, 2.24) is 10.2 Å². The van der Waals surface area contributed by atoms with Gasteiger partial charge in [-0.3, -0.25) is 10.1 Å². The molecule has 1 fully saturated rings. The Hall–Kier alpha value is -0.770. The standard InChI is InChI=1S/C4H5ClN2O2/c5-2-7-1-3(8)6-4(7)9/h1-2H2,(H,6,8,9). The van der Waals surface area contributed by atoms with Crippen LogP contribution in [0.2, 0.25) is 0 Å². The summed E-state index contributed by atoms with van der Waals surface area (Å²) in [5.74, 6) is -0.291. The van der Waals surface area contributed by atoms with E-state index in [0.29, 0.717) is 0 Å². The second kappa shape index (κ2) is 2.23. The summed E-state index contributed by atoms with van der Waals surface area (Å²) in [5, 5.41) is 2.08. The van der Waals surface area contributed by atoms with Crippen LogP contribution < -0.4 is 5.32 Å². The number of nitrogens with one attached hydrogen (secondary N) is 1. The van der Waals surface area contributed by atoms with E-state index in [1.54, 1.807) is 0 Å². The number of halogens is 1. The first-order chi connectivity index (χ1) is 4.24. The van der Waals surface area contributed by atoms with E-state index >= 15 is 0 Å². The van der Waals surface area contributed by atoms with E-state index in [-0.39, 0.29) is 18.5 Å². The van der Waals surface area contributed by atoms with Crippen molar-refractivity contribution in [3.63, 3.8) is 0 Å². The Kier molecular flexibility index (Phi) is 1.57. The van der Waals surface area contributed by atoms with E-state index in [0.717, 1.165) is 0 Å². The average molecular weight is 149 g/mol. The Morgan fingerprint density at radius 3 is 2.56 bits per heavy atom. The fraction of sp³-hybridized carbons (Fsp3) is 0.500. The highest BCUT2D eigenvalue weighted by molar-refractivity contribution is 6.19. The third-order valence-electron chi connectivity index (χ3n) is 1.01. The van der Waals surface area contributed by atoms with Gasteiger partial charge >= 0.3 is 6.03 Å². The van der Waals surface area contributed by atoms with Gasteiger partial charge in [-0.1, -0.05) is 0 Å².